The van der Waals surface area contributed by atoms with Crippen LogP contribution in [0.1, 0.15) is 181 Å². The highest BCUT2D eigenvalue weighted by molar-refractivity contribution is 7.47. The number of allylic oxidation sites excluding steroid dienone is 10. The average molecular weight is 913 g/mol. The van der Waals surface area contributed by atoms with E-state index in [4.69, 9.17) is 18.5 Å². The molecule has 8 atom stereocenters. The van der Waals surface area contributed by atoms with Gasteiger partial charge in [-0.1, -0.05) is 152 Å². The highest BCUT2D eigenvalue weighted by Crippen LogP contribution is 2.47. The van der Waals surface area contributed by atoms with Gasteiger partial charge >= 0.3 is 19.8 Å². The molecule has 0 radical (unpaired) electrons. The van der Waals surface area contributed by atoms with E-state index in [1.165, 1.54) is 57.8 Å². The van der Waals surface area contributed by atoms with Crippen molar-refractivity contribution in [1.82, 2.24) is 0 Å². The first-order valence-corrected chi connectivity index (χ1v) is 25.6. The van der Waals surface area contributed by atoms with Crippen LogP contribution in [0.2, 0.25) is 0 Å². The third kappa shape index (κ3) is 31.2. The first kappa shape index (κ1) is 58.6. The fourth-order valence-electron chi connectivity index (χ4n) is 6.98. The number of hydrogen-bond donors (Lipinski definition) is 6. The Morgan fingerprint density at radius 1 is 0.508 bits per heavy atom. The molecule has 0 amide bonds. The van der Waals surface area contributed by atoms with Gasteiger partial charge in [-0.15, -0.1) is 0 Å². The monoisotopic (exact) mass is 913 g/mol. The van der Waals surface area contributed by atoms with Gasteiger partial charge < -0.3 is 39.9 Å². The molecule has 0 bridgehead atoms. The highest BCUT2D eigenvalue weighted by Gasteiger charge is 2.51. The molecule has 0 saturated heterocycles. The van der Waals surface area contributed by atoms with Crippen LogP contribution in [0.5, 0.6) is 0 Å². The van der Waals surface area contributed by atoms with Crippen LogP contribution in [0, 0.1) is 0 Å². The van der Waals surface area contributed by atoms with E-state index in [9.17, 15) is 44.6 Å². The minimum Gasteiger partial charge on any atom is -0.462 e. The second kappa shape index (κ2) is 38.8. The zero-order chi connectivity index (χ0) is 46.4. The number of hydrogen-bond acceptors (Lipinski definition) is 12. The molecule has 0 aliphatic heterocycles. The Morgan fingerprint density at radius 2 is 0.905 bits per heavy atom. The van der Waals surface area contributed by atoms with Crippen molar-refractivity contribution in [2.75, 3.05) is 13.2 Å². The zero-order valence-corrected chi connectivity index (χ0v) is 39.5. The van der Waals surface area contributed by atoms with Gasteiger partial charge in [0, 0.05) is 12.8 Å². The van der Waals surface area contributed by atoms with Crippen molar-refractivity contribution in [3.63, 3.8) is 0 Å². The maximum atomic E-state index is 12.8. The van der Waals surface area contributed by atoms with Crippen LogP contribution in [-0.2, 0) is 32.7 Å². The quantitative estimate of drug-likeness (QED) is 0.0147. The van der Waals surface area contributed by atoms with Crippen LogP contribution >= 0.6 is 7.82 Å². The second-order valence-corrected chi connectivity index (χ2v) is 18.0. The summed E-state index contributed by atoms with van der Waals surface area (Å²) in [6.45, 7) is 3.16. The molecular formula is C49H85O13P. The molecule has 1 aliphatic rings. The summed E-state index contributed by atoms with van der Waals surface area (Å²) in [6, 6.07) is 0. The summed E-state index contributed by atoms with van der Waals surface area (Å²) in [6.07, 6.45) is 34.1. The van der Waals surface area contributed by atoms with Gasteiger partial charge in [-0.25, -0.2) is 4.57 Å². The van der Waals surface area contributed by atoms with Crippen LogP contribution in [0.15, 0.2) is 60.8 Å². The lowest BCUT2D eigenvalue weighted by Crippen LogP contribution is -2.64. The van der Waals surface area contributed by atoms with E-state index in [0.717, 1.165) is 83.5 Å². The van der Waals surface area contributed by atoms with Crippen LogP contribution in [-0.4, -0.2) is 98.3 Å². The Bertz CT molecular complexity index is 1330. The summed E-state index contributed by atoms with van der Waals surface area (Å²) < 4.78 is 33.5. The predicted molar refractivity (Wildman–Crippen MR) is 249 cm³/mol. The van der Waals surface area contributed by atoms with Gasteiger partial charge in [0.05, 0.1) is 6.61 Å². The van der Waals surface area contributed by atoms with E-state index in [0.29, 0.717) is 12.8 Å². The van der Waals surface area contributed by atoms with Crippen LogP contribution in [0.3, 0.4) is 0 Å². The average Bonchev–Trinajstić information content (AvgIpc) is 3.26. The third-order valence-electron chi connectivity index (χ3n) is 10.8. The Balaban J connectivity index is 2.46. The molecule has 0 aromatic heterocycles. The van der Waals surface area contributed by atoms with Crippen molar-refractivity contribution in [3.05, 3.63) is 60.8 Å². The molecule has 0 spiro atoms. The molecule has 13 nitrogen and oxygen atoms in total. The van der Waals surface area contributed by atoms with E-state index in [1.54, 1.807) is 0 Å². The number of esters is 2. The van der Waals surface area contributed by atoms with E-state index in [-0.39, 0.29) is 12.8 Å². The summed E-state index contributed by atoms with van der Waals surface area (Å²) in [4.78, 5) is 35.8. The van der Waals surface area contributed by atoms with E-state index < -0.39 is 75.7 Å². The van der Waals surface area contributed by atoms with Crippen molar-refractivity contribution in [2.45, 2.75) is 224 Å². The van der Waals surface area contributed by atoms with Crippen molar-refractivity contribution in [3.8, 4) is 0 Å². The highest BCUT2D eigenvalue weighted by atomic mass is 31.2. The maximum Gasteiger partial charge on any atom is 0.472 e. The van der Waals surface area contributed by atoms with Gasteiger partial charge in [0.25, 0.3) is 0 Å². The number of aliphatic hydroxyl groups is 5. The van der Waals surface area contributed by atoms with Gasteiger partial charge in [-0.05, 0) is 77.0 Å². The van der Waals surface area contributed by atoms with Crippen LogP contribution < -0.4 is 0 Å². The minimum atomic E-state index is -5.13. The Labute approximate surface area is 379 Å². The maximum absolute atomic E-state index is 12.8. The van der Waals surface area contributed by atoms with Gasteiger partial charge in [0.15, 0.2) is 6.10 Å². The van der Waals surface area contributed by atoms with Gasteiger partial charge in [0.1, 0.15) is 43.2 Å². The SMILES string of the molecule is CC/C=C\C/C=C\C/C=C\C/C=C\CCCCCCC(=O)O[C@H](COC(=O)CCCCCCCCC/C=C\CCCCCCCC)COP(=O)(O)OC1C(O)C(O)C(O)[C@@H](O)C1O. The van der Waals surface area contributed by atoms with Gasteiger partial charge in [-0.3, -0.25) is 18.6 Å². The van der Waals surface area contributed by atoms with Crippen LogP contribution in [0.4, 0.5) is 0 Å². The lowest BCUT2D eigenvalue weighted by Gasteiger charge is -2.41. The van der Waals surface area contributed by atoms with Crippen molar-refractivity contribution >= 4 is 19.8 Å². The third-order valence-corrected chi connectivity index (χ3v) is 11.8. The van der Waals surface area contributed by atoms with E-state index >= 15 is 0 Å². The van der Waals surface area contributed by atoms with Gasteiger partial charge in [0.2, 0.25) is 0 Å². The predicted octanol–water partition coefficient (Wildman–Crippen LogP) is 9.73. The molecule has 1 fully saturated rings. The molecule has 0 aromatic rings. The number of aliphatic hydroxyl groups excluding tert-OH is 5. The van der Waals surface area contributed by atoms with Crippen molar-refractivity contribution < 1.29 is 63.1 Å². The standard InChI is InChI=1S/C49H85O13P/c1-3-5-7-9-11-13-15-17-19-21-23-25-27-29-31-33-35-37-42(50)59-39-41(40-60-63(57,58)62-49-47(55)45(53)44(52)46(54)48(49)56)61-43(51)38-36-34-32-30-28-26-24-22-20-18-16-14-12-10-8-6-4-2/h6,8,12,14,17-20,24,26,41,44-49,52-56H,3-5,7,9-11,13,15-16,21-23,25,27-40H2,1-2H3,(H,57,58)/b8-6-,14-12-,19-17-,20-18-,26-24-/t41-,44?,45-,46?,47?,48?,49?/m1/s1. The van der Waals surface area contributed by atoms with Crippen molar-refractivity contribution in [1.29, 1.82) is 0 Å². The molecule has 6 unspecified atom stereocenters. The number of unbranched alkanes of at least 4 members (excludes halogenated alkanes) is 17. The molecule has 364 valence electrons. The zero-order valence-electron chi connectivity index (χ0n) is 38.6. The fourth-order valence-corrected chi connectivity index (χ4v) is 7.95. The Hall–Kier alpha value is -2.45. The molecular weight excluding hydrogens is 828 g/mol. The molecule has 14 heteroatoms. The smallest absolute Gasteiger partial charge is 0.462 e. The number of ether oxygens (including phenoxy) is 2. The summed E-state index contributed by atoms with van der Waals surface area (Å²) in [5.74, 6) is -1.13. The first-order chi connectivity index (χ1) is 30.4. The molecule has 1 saturated carbocycles. The summed E-state index contributed by atoms with van der Waals surface area (Å²) in [5.41, 5.74) is 0. The van der Waals surface area contributed by atoms with Gasteiger partial charge in [-0.2, -0.15) is 0 Å². The molecule has 0 heterocycles. The van der Waals surface area contributed by atoms with Crippen molar-refractivity contribution in [2.24, 2.45) is 0 Å². The number of carbonyl (C=O) groups is 2. The largest absolute Gasteiger partial charge is 0.472 e. The molecule has 63 heavy (non-hydrogen) atoms. The normalized spacial score (nSPS) is 22.2. The van der Waals surface area contributed by atoms with E-state index in [1.807, 2.05) is 0 Å². The number of phosphoric ester groups is 1. The summed E-state index contributed by atoms with van der Waals surface area (Å²) >= 11 is 0. The minimum absolute atomic E-state index is 0.0657. The first-order valence-electron chi connectivity index (χ1n) is 24.1. The molecule has 1 aliphatic carbocycles. The number of phosphoric acid groups is 1. The Kier molecular flexibility index (Phi) is 36.1. The fraction of sp³-hybridized carbons (Fsp3) is 0.755. The van der Waals surface area contributed by atoms with E-state index in [2.05, 4.69) is 74.6 Å². The summed E-state index contributed by atoms with van der Waals surface area (Å²) in [7, 11) is -5.13. The number of rotatable bonds is 39. The summed E-state index contributed by atoms with van der Waals surface area (Å²) in [5, 5.41) is 50.2. The lowest BCUT2D eigenvalue weighted by molar-refractivity contribution is -0.220. The topological polar surface area (TPSA) is 210 Å². The molecule has 0 aromatic carbocycles. The lowest BCUT2D eigenvalue weighted by atomic mass is 9.85. The second-order valence-electron chi connectivity index (χ2n) is 16.6. The Morgan fingerprint density at radius 3 is 1.40 bits per heavy atom. The number of carbonyl (C=O) groups excluding carboxylic acids is 2. The van der Waals surface area contributed by atoms with Crippen LogP contribution in [0.25, 0.3) is 0 Å². The molecule has 1 rings (SSSR count). The molecule has 6 N–H and O–H groups in total.